The van der Waals surface area contributed by atoms with Crippen LogP contribution in [-0.4, -0.2) is 62.8 Å². The quantitative estimate of drug-likeness (QED) is 0.707. The predicted octanol–water partition coefficient (Wildman–Crippen LogP) is 0.0673. The van der Waals surface area contributed by atoms with E-state index in [9.17, 15) is 4.79 Å². The van der Waals surface area contributed by atoms with E-state index in [1.54, 1.807) is 0 Å². The molecule has 1 aliphatic heterocycles. The van der Waals surface area contributed by atoms with Crippen LogP contribution in [0, 0.1) is 5.92 Å². The van der Waals surface area contributed by atoms with E-state index >= 15 is 0 Å². The molecular formula is C13H27N3O2. The molecular weight excluding hydrogens is 230 g/mol. The standard InChI is InChI=1S/C13H27N3O2/c1-10(9-14-4)13(17)15-11(2)12(3)16-5-7-18-8-6-16/h10-12,14H,5-9H2,1-4H3,(H,15,17). The van der Waals surface area contributed by atoms with Crippen LogP contribution >= 0.6 is 0 Å². The molecule has 0 radical (unpaired) electrons. The minimum absolute atomic E-state index is 0.00865. The molecule has 1 rings (SSSR count). The van der Waals surface area contributed by atoms with Gasteiger partial charge in [0.2, 0.25) is 5.91 Å². The van der Waals surface area contributed by atoms with Gasteiger partial charge in [0.15, 0.2) is 0 Å². The molecule has 0 aliphatic carbocycles. The minimum atomic E-state index is 0.00865. The largest absolute Gasteiger partial charge is 0.379 e. The van der Waals surface area contributed by atoms with Crippen LogP contribution in [0.4, 0.5) is 0 Å². The highest BCUT2D eigenvalue weighted by Crippen LogP contribution is 2.08. The van der Waals surface area contributed by atoms with Crippen molar-refractivity contribution in [2.45, 2.75) is 32.9 Å². The zero-order valence-corrected chi connectivity index (χ0v) is 12.0. The summed E-state index contributed by atoms with van der Waals surface area (Å²) in [6.45, 7) is 10.4. The Balaban J connectivity index is 2.38. The zero-order valence-electron chi connectivity index (χ0n) is 12.0. The van der Waals surface area contributed by atoms with Crippen molar-refractivity contribution in [3.8, 4) is 0 Å². The molecule has 2 N–H and O–H groups in total. The molecule has 3 unspecified atom stereocenters. The fraction of sp³-hybridized carbons (Fsp3) is 0.923. The van der Waals surface area contributed by atoms with Gasteiger partial charge in [0.05, 0.1) is 13.2 Å². The van der Waals surface area contributed by atoms with Gasteiger partial charge in [0.1, 0.15) is 0 Å². The molecule has 0 saturated carbocycles. The van der Waals surface area contributed by atoms with Crippen molar-refractivity contribution in [3.63, 3.8) is 0 Å². The Morgan fingerprint density at radius 1 is 1.28 bits per heavy atom. The maximum absolute atomic E-state index is 11.9. The molecule has 106 valence electrons. The maximum Gasteiger partial charge on any atom is 0.224 e. The summed E-state index contributed by atoms with van der Waals surface area (Å²) in [5.41, 5.74) is 0. The Kier molecular flexibility index (Phi) is 6.60. The Hall–Kier alpha value is -0.650. The lowest BCUT2D eigenvalue weighted by atomic mass is 10.1. The highest BCUT2D eigenvalue weighted by molar-refractivity contribution is 5.78. The normalized spacial score (nSPS) is 22.2. The Labute approximate surface area is 110 Å². The lowest BCUT2D eigenvalue weighted by molar-refractivity contribution is -0.125. The molecule has 3 atom stereocenters. The Morgan fingerprint density at radius 2 is 1.89 bits per heavy atom. The van der Waals surface area contributed by atoms with Crippen LogP contribution in [0.25, 0.3) is 0 Å². The van der Waals surface area contributed by atoms with E-state index in [2.05, 4.69) is 29.4 Å². The van der Waals surface area contributed by atoms with Gasteiger partial charge in [-0.15, -0.1) is 0 Å². The number of amides is 1. The van der Waals surface area contributed by atoms with Crippen LogP contribution in [0.15, 0.2) is 0 Å². The Morgan fingerprint density at radius 3 is 2.44 bits per heavy atom. The van der Waals surface area contributed by atoms with E-state index in [-0.39, 0.29) is 17.9 Å². The van der Waals surface area contributed by atoms with Crippen LogP contribution in [-0.2, 0) is 9.53 Å². The number of hydrogen-bond donors (Lipinski definition) is 2. The van der Waals surface area contributed by atoms with Crippen molar-refractivity contribution < 1.29 is 9.53 Å². The monoisotopic (exact) mass is 257 g/mol. The van der Waals surface area contributed by atoms with Gasteiger partial charge in [0.25, 0.3) is 0 Å². The minimum Gasteiger partial charge on any atom is -0.379 e. The fourth-order valence-corrected chi connectivity index (χ4v) is 2.19. The molecule has 18 heavy (non-hydrogen) atoms. The lowest BCUT2D eigenvalue weighted by Crippen LogP contribution is -2.53. The number of nitrogens with one attached hydrogen (secondary N) is 2. The molecule has 5 heteroatoms. The molecule has 1 amide bonds. The summed E-state index contributed by atoms with van der Waals surface area (Å²) in [5.74, 6) is 0.131. The van der Waals surface area contributed by atoms with Crippen molar-refractivity contribution in [1.82, 2.24) is 15.5 Å². The van der Waals surface area contributed by atoms with Gasteiger partial charge in [-0.1, -0.05) is 6.92 Å². The number of morpholine rings is 1. The van der Waals surface area contributed by atoms with Crippen LogP contribution in [0.1, 0.15) is 20.8 Å². The first-order valence-electron chi connectivity index (χ1n) is 6.83. The third kappa shape index (κ3) is 4.55. The first-order valence-corrected chi connectivity index (χ1v) is 6.83. The summed E-state index contributed by atoms with van der Waals surface area (Å²) in [4.78, 5) is 14.3. The first kappa shape index (κ1) is 15.4. The molecule has 1 saturated heterocycles. The topological polar surface area (TPSA) is 53.6 Å². The van der Waals surface area contributed by atoms with Crippen molar-refractivity contribution >= 4 is 5.91 Å². The molecule has 0 aromatic carbocycles. The number of hydrogen-bond acceptors (Lipinski definition) is 4. The average molecular weight is 257 g/mol. The maximum atomic E-state index is 11.9. The summed E-state index contributed by atoms with van der Waals surface area (Å²) < 4.78 is 5.34. The van der Waals surface area contributed by atoms with E-state index in [0.29, 0.717) is 12.6 Å². The molecule has 0 bridgehead atoms. The molecule has 5 nitrogen and oxygen atoms in total. The van der Waals surface area contributed by atoms with E-state index in [1.165, 1.54) is 0 Å². The number of carbonyl (C=O) groups excluding carboxylic acids is 1. The van der Waals surface area contributed by atoms with Crippen LogP contribution < -0.4 is 10.6 Å². The lowest BCUT2D eigenvalue weighted by Gasteiger charge is -2.36. The summed E-state index contributed by atoms with van der Waals surface area (Å²) in [6, 6.07) is 0.509. The van der Waals surface area contributed by atoms with Gasteiger partial charge < -0.3 is 15.4 Å². The average Bonchev–Trinajstić information content (AvgIpc) is 2.39. The first-order chi connectivity index (χ1) is 8.56. The second kappa shape index (κ2) is 7.71. The second-order valence-corrected chi connectivity index (χ2v) is 5.14. The van der Waals surface area contributed by atoms with Gasteiger partial charge in [0, 0.05) is 37.6 Å². The van der Waals surface area contributed by atoms with Gasteiger partial charge in [-0.25, -0.2) is 0 Å². The van der Waals surface area contributed by atoms with Gasteiger partial charge in [-0.3, -0.25) is 9.69 Å². The Bertz CT molecular complexity index is 255. The summed E-state index contributed by atoms with van der Waals surface area (Å²) >= 11 is 0. The number of rotatable bonds is 6. The van der Waals surface area contributed by atoms with Crippen LogP contribution in [0.2, 0.25) is 0 Å². The number of nitrogens with zero attached hydrogens (tertiary/aromatic N) is 1. The zero-order chi connectivity index (χ0) is 13.5. The summed E-state index contributed by atoms with van der Waals surface area (Å²) in [5, 5.41) is 6.13. The van der Waals surface area contributed by atoms with E-state index in [4.69, 9.17) is 4.74 Å². The fourth-order valence-electron chi connectivity index (χ4n) is 2.19. The third-order valence-electron chi connectivity index (χ3n) is 3.67. The van der Waals surface area contributed by atoms with Crippen molar-refractivity contribution in [2.75, 3.05) is 39.9 Å². The molecule has 0 spiro atoms. The SMILES string of the molecule is CNCC(C)C(=O)NC(C)C(C)N1CCOCC1. The number of ether oxygens (including phenoxy) is 1. The van der Waals surface area contributed by atoms with E-state index in [1.807, 2.05) is 14.0 Å². The van der Waals surface area contributed by atoms with E-state index in [0.717, 1.165) is 26.3 Å². The molecule has 1 aliphatic rings. The highest BCUT2D eigenvalue weighted by Gasteiger charge is 2.24. The molecule has 1 heterocycles. The number of carbonyl (C=O) groups is 1. The van der Waals surface area contributed by atoms with Gasteiger partial charge in [-0.05, 0) is 20.9 Å². The molecule has 1 fully saturated rings. The van der Waals surface area contributed by atoms with Crippen LogP contribution in [0.3, 0.4) is 0 Å². The third-order valence-corrected chi connectivity index (χ3v) is 3.67. The van der Waals surface area contributed by atoms with Gasteiger partial charge in [-0.2, -0.15) is 0 Å². The van der Waals surface area contributed by atoms with Crippen LogP contribution in [0.5, 0.6) is 0 Å². The summed E-state index contributed by atoms with van der Waals surface area (Å²) in [7, 11) is 1.86. The predicted molar refractivity (Wildman–Crippen MR) is 72.5 cm³/mol. The van der Waals surface area contributed by atoms with Crippen molar-refractivity contribution in [1.29, 1.82) is 0 Å². The van der Waals surface area contributed by atoms with Crippen molar-refractivity contribution in [3.05, 3.63) is 0 Å². The van der Waals surface area contributed by atoms with Gasteiger partial charge >= 0.3 is 0 Å². The molecule has 0 aromatic rings. The van der Waals surface area contributed by atoms with E-state index < -0.39 is 0 Å². The summed E-state index contributed by atoms with van der Waals surface area (Å²) in [6.07, 6.45) is 0. The molecule has 0 aromatic heterocycles. The second-order valence-electron chi connectivity index (χ2n) is 5.14. The van der Waals surface area contributed by atoms with Crippen molar-refractivity contribution in [2.24, 2.45) is 5.92 Å². The smallest absolute Gasteiger partial charge is 0.224 e. The highest BCUT2D eigenvalue weighted by atomic mass is 16.5.